The van der Waals surface area contributed by atoms with E-state index in [9.17, 15) is 0 Å². The number of hydrogen-bond donors (Lipinski definition) is 1. The molecule has 0 unspecified atom stereocenters. The Labute approximate surface area is 95.3 Å². The third-order valence-electron chi connectivity index (χ3n) is 2.22. The Balaban J connectivity index is 2.06. The van der Waals surface area contributed by atoms with Gasteiger partial charge in [-0.05, 0) is 18.6 Å². The Morgan fingerprint density at radius 1 is 1.33 bits per heavy atom. The fraction of sp³-hybridized carbons (Fsp3) is 0.231. The van der Waals surface area contributed by atoms with Crippen molar-refractivity contribution in [2.45, 2.75) is 24.7 Å². The number of unbranched alkanes of at least 4 members (excludes halogenated alkanes) is 1. The van der Waals surface area contributed by atoms with Crippen molar-refractivity contribution in [2.24, 2.45) is 0 Å². The summed E-state index contributed by atoms with van der Waals surface area (Å²) in [5.41, 5.74) is 1.20. The van der Waals surface area contributed by atoms with Gasteiger partial charge < -0.3 is 5.32 Å². The molecule has 0 aromatic heterocycles. The van der Waals surface area contributed by atoms with Crippen LogP contribution in [-0.2, 0) is 0 Å². The quantitative estimate of drug-likeness (QED) is 0.805. The maximum atomic E-state index is 3.31. The molecule has 2 rings (SSSR count). The summed E-state index contributed by atoms with van der Waals surface area (Å²) in [6.07, 6.45) is 8.85. The fourth-order valence-corrected chi connectivity index (χ4v) is 2.35. The van der Waals surface area contributed by atoms with Crippen LogP contribution in [0.2, 0.25) is 0 Å². The highest BCUT2D eigenvalue weighted by Crippen LogP contribution is 2.36. The van der Waals surface area contributed by atoms with Gasteiger partial charge in [0.1, 0.15) is 0 Å². The van der Waals surface area contributed by atoms with E-state index in [2.05, 4.69) is 54.9 Å². The van der Waals surface area contributed by atoms with Crippen molar-refractivity contribution in [3.8, 4) is 0 Å². The van der Waals surface area contributed by atoms with Gasteiger partial charge in [0.2, 0.25) is 0 Å². The number of para-hydroxylation sites is 1. The van der Waals surface area contributed by atoms with Gasteiger partial charge in [0.15, 0.2) is 0 Å². The number of hydrogen-bond acceptors (Lipinski definition) is 2. The first-order valence-corrected chi connectivity index (χ1v) is 6.12. The van der Waals surface area contributed by atoms with Crippen LogP contribution in [0.4, 0.5) is 5.69 Å². The minimum atomic E-state index is 1.15. The Bertz CT molecular complexity index is 393. The molecular weight excluding hydrogens is 202 g/mol. The molecule has 1 aliphatic heterocycles. The van der Waals surface area contributed by atoms with Gasteiger partial charge in [0.25, 0.3) is 0 Å². The summed E-state index contributed by atoms with van der Waals surface area (Å²) < 4.78 is 0. The number of fused-ring (bicyclic) bond motifs is 1. The normalized spacial score (nSPS) is 14.6. The monoisotopic (exact) mass is 217 g/mol. The van der Waals surface area contributed by atoms with E-state index in [1.807, 2.05) is 11.8 Å². The first-order valence-electron chi connectivity index (χ1n) is 5.30. The number of benzene rings is 1. The summed E-state index contributed by atoms with van der Waals surface area (Å²) in [5.74, 6) is 0. The summed E-state index contributed by atoms with van der Waals surface area (Å²) in [6, 6.07) is 8.38. The predicted molar refractivity (Wildman–Crippen MR) is 68.1 cm³/mol. The second-order valence-electron chi connectivity index (χ2n) is 3.48. The molecule has 0 amide bonds. The fourth-order valence-electron chi connectivity index (χ4n) is 1.43. The molecular formula is C13H15NS. The molecule has 1 aromatic carbocycles. The van der Waals surface area contributed by atoms with Crippen LogP contribution >= 0.6 is 11.8 Å². The average molecular weight is 217 g/mol. The number of thioether (sulfide) groups is 1. The molecule has 0 spiro atoms. The van der Waals surface area contributed by atoms with Crippen LogP contribution in [0.5, 0.6) is 0 Å². The van der Waals surface area contributed by atoms with Crippen LogP contribution in [0.15, 0.2) is 52.4 Å². The molecule has 15 heavy (non-hydrogen) atoms. The molecule has 2 heteroatoms. The van der Waals surface area contributed by atoms with Gasteiger partial charge in [-0.1, -0.05) is 49.4 Å². The second-order valence-corrected chi connectivity index (χ2v) is 4.60. The minimum absolute atomic E-state index is 1.15. The zero-order valence-corrected chi connectivity index (χ0v) is 9.68. The summed E-state index contributed by atoms with van der Waals surface area (Å²) in [6.45, 7) is 2.19. The maximum Gasteiger partial charge on any atom is 0.0521 e. The van der Waals surface area contributed by atoms with E-state index < -0.39 is 0 Å². The highest BCUT2D eigenvalue weighted by Gasteiger charge is 2.07. The molecule has 0 fully saturated rings. The van der Waals surface area contributed by atoms with Crippen LogP contribution in [0.3, 0.4) is 0 Å². The molecule has 0 radical (unpaired) electrons. The third-order valence-corrected chi connectivity index (χ3v) is 3.29. The standard InChI is InChI=1S/C13H15NS/c1-2-3-4-7-11-10-14-12-8-5-6-9-13(12)15-11/h4-10,14H,2-3H2,1H3. The van der Waals surface area contributed by atoms with E-state index >= 15 is 0 Å². The smallest absolute Gasteiger partial charge is 0.0521 e. The number of nitrogens with one attached hydrogen (secondary N) is 1. The van der Waals surface area contributed by atoms with E-state index in [4.69, 9.17) is 0 Å². The molecule has 78 valence electrons. The second kappa shape index (κ2) is 5.08. The Kier molecular flexibility index (Phi) is 3.51. The topological polar surface area (TPSA) is 12.0 Å². The van der Waals surface area contributed by atoms with Crippen LogP contribution in [-0.4, -0.2) is 0 Å². The van der Waals surface area contributed by atoms with Crippen LogP contribution < -0.4 is 5.32 Å². The van der Waals surface area contributed by atoms with Crippen molar-refractivity contribution in [3.63, 3.8) is 0 Å². The molecule has 0 atom stereocenters. The number of rotatable bonds is 3. The molecule has 0 saturated carbocycles. The van der Waals surface area contributed by atoms with Gasteiger partial charge in [-0.2, -0.15) is 0 Å². The van der Waals surface area contributed by atoms with Gasteiger partial charge in [-0.3, -0.25) is 0 Å². The molecule has 1 heterocycles. The molecule has 1 aromatic rings. The van der Waals surface area contributed by atoms with Gasteiger partial charge in [-0.15, -0.1) is 0 Å². The Morgan fingerprint density at radius 3 is 3.07 bits per heavy atom. The Hall–Kier alpha value is -1.15. The molecule has 0 aliphatic carbocycles. The first kappa shape index (κ1) is 10.4. The SMILES string of the molecule is CCCC=CC1=CNc2ccccc2S1. The van der Waals surface area contributed by atoms with Crippen molar-refractivity contribution >= 4 is 17.4 Å². The Morgan fingerprint density at radius 2 is 2.20 bits per heavy atom. The lowest BCUT2D eigenvalue weighted by Gasteiger charge is -2.15. The average Bonchev–Trinajstić information content (AvgIpc) is 2.29. The number of allylic oxidation sites excluding steroid dienone is 2. The number of anilines is 1. The predicted octanol–water partition coefficient (Wildman–Crippen LogP) is 4.40. The summed E-state index contributed by atoms with van der Waals surface area (Å²) in [4.78, 5) is 2.58. The van der Waals surface area contributed by atoms with E-state index in [0.29, 0.717) is 0 Å². The molecule has 0 saturated heterocycles. The van der Waals surface area contributed by atoms with E-state index in [1.165, 1.54) is 21.9 Å². The molecule has 1 aliphatic rings. The van der Waals surface area contributed by atoms with Crippen molar-refractivity contribution in [2.75, 3.05) is 5.32 Å². The van der Waals surface area contributed by atoms with Crippen molar-refractivity contribution in [1.29, 1.82) is 0 Å². The minimum Gasteiger partial charge on any atom is -0.360 e. The van der Waals surface area contributed by atoms with Crippen LogP contribution in [0.25, 0.3) is 0 Å². The molecule has 1 N–H and O–H groups in total. The zero-order chi connectivity index (χ0) is 10.5. The zero-order valence-electron chi connectivity index (χ0n) is 8.86. The summed E-state index contributed by atoms with van der Waals surface area (Å²) in [7, 11) is 0. The van der Waals surface area contributed by atoms with E-state index in [-0.39, 0.29) is 0 Å². The van der Waals surface area contributed by atoms with Crippen molar-refractivity contribution in [1.82, 2.24) is 0 Å². The van der Waals surface area contributed by atoms with Gasteiger partial charge >= 0.3 is 0 Å². The van der Waals surface area contributed by atoms with Crippen molar-refractivity contribution in [3.05, 3.63) is 47.5 Å². The lowest BCUT2D eigenvalue weighted by Crippen LogP contribution is -1.96. The summed E-state index contributed by atoms with van der Waals surface area (Å²) >= 11 is 1.82. The van der Waals surface area contributed by atoms with Gasteiger partial charge in [0, 0.05) is 16.0 Å². The van der Waals surface area contributed by atoms with Crippen molar-refractivity contribution < 1.29 is 0 Å². The van der Waals surface area contributed by atoms with Gasteiger partial charge in [-0.25, -0.2) is 0 Å². The molecule has 1 nitrogen and oxygen atoms in total. The summed E-state index contributed by atoms with van der Waals surface area (Å²) in [5, 5.41) is 3.31. The van der Waals surface area contributed by atoms with E-state index in [1.54, 1.807) is 0 Å². The maximum absolute atomic E-state index is 3.31. The first-order chi connectivity index (χ1) is 7.40. The highest BCUT2D eigenvalue weighted by molar-refractivity contribution is 8.03. The van der Waals surface area contributed by atoms with Gasteiger partial charge in [0.05, 0.1) is 5.69 Å². The highest BCUT2D eigenvalue weighted by atomic mass is 32.2. The van der Waals surface area contributed by atoms with Crippen LogP contribution in [0.1, 0.15) is 19.8 Å². The van der Waals surface area contributed by atoms with Crippen LogP contribution in [0, 0.1) is 0 Å². The lowest BCUT2D eigenvalue weighted by atomic mass is 10.3. The largest absolute Gasteiger partial charge is 0.360 e. The lowest BCUT2D eigenvalue weighted by molar-refractivity contribution is 0.958. The molecule has 0 bridgehead atoms. The van der Waals surface area contributed by atoms with E-state index in [0.717, 1.165) is 6.42 Å². The third kappa shape index (κ3) is 2.66.